The summed E-state index contributed by atoms with van der Waals surface area (Å²) in [5, 5.41) is 0. The second-order valence-electron chi connectivity index (χ2n) is 7.01. The summed E-state index contributed by atoms with van der Waals surface area (Å²) >= 11 is 0. The molecule has 3 rings (SSSR count). The van der Waals surface area contributed by atoms with Gasteiger partial charge in [0.05, 0.1) is 6.61 Å². The zero-order valence-corrected chi connectivity index (χ0v) is 17.7. The lowest BCUT2D eigenvalue weighted by molar-refractivity contribution is -0.147. The van der Waals surface area contributed by atoms with Crippen molar-refractivity contribution in [1.82, 2.24) is 0 Å². The molecular formula is C22H23N3O7. The van der Waals surface area contributed by atoms with Crippen LogP contribution in [0.2, 0.25) is 0 Å². The maximum Gasteiger partial charge on any atom is 0.339 e. The standard InChI is InChI=1S/C22H23N3O7/c1-4-10-31-19(27)16-12(3)32-21(29)22(16)13-8-6-7-9-14(13)25(11-15(23)26)18(24)17(22)20(28)30-5-2/h4,6-9H,1,5,10-11,24H2,2-3H3,(H2,23,26). The third kappa shape index (κ3) is 3.29. The molecule has 1 atom stereocenters. The third-order valence-corrected chi connectivity index (χ3v) is 5.13. The van der Waals surface area contributed by atoms with Gasteiger partial charge in [-0.3, -0.25) is 4.79 Å². The first-order valence-corrected chi connectivity index (χ1v) is 9.76. The Hall–Kier alpha value is -4.08. The summed E-state index contributed by atoms with van der Waals surface area (Å²) in [6, 6.07) is 6.38. The van der Waals surface area contributed by atoms with E-state index >= 15 is 0 Å². The predicted molar refractivity (Wildman–Crippen MR) is 112 cm³/mol. The molecule has 2 aliphatic rings. The summed E-state index contributed by atoms with van der Waals surface area (Å²) in [5.41, 5.74) is 9.62. The van der Waals surface area contributed by atoms with E-state index in [1.54, 1.807) is 25.1 Å². The Labute approximate surface area is 184 Å². The second-order valence-corrected chi connectivity index (χ2v) is 7.01. The van der Waals surface area contributed by atoms with E-state index in [1.165, 1.54) is 24.0 Å². The van der Waals surface area contributed by atoms with Gasteiger partial charge in [-0.25, -0.2) is 14.4 Å². The number of ether oxygens (including phenoxy) is 3. The van der Waals surface area contributed by atoms with Gasteiger partial charge < -0.3 is 30.6 Å². The van der Waals surface area contributed by atoms with Crippen LogP contribution in [0.1, 0.15) is 19.4 Å². The Balaban J connectivity index is 2.41. The Bertz CT molecular complexity index is 1090. The van der Waals surface area contributed by atoms with Crippen molar-refractivity contribution in [2.24, 2.45) is 11.5 Å². The minimum Gasteiger partial charge on any atom is -0.462 e. The number of amides is 1. The first-order valence-electron chi connectivity index (χ1n) is 9.76. The molecule has 1 aromatic carbocycles. The molecule has 1 spiro atoms. The first-order chi connectivity index (χ1) is 15.2. The van der Waals surface area contributed by atoms with E-state index in [1.807, 2.05) is 0 Å². The number of carbonyl (C=O) groups is 4. The molecule has 4 N–H and O–H groups in total. The van der Waals surface area contributed by atoms with Crippen LogP contribution in [-0.2, 0) is 38.8 Å². The van der Waals surface area contributed by atoms with Crippen LogP contribution in [0.15, 0.2) is 59.6 Å². The van der Waals surface area contributed by atoms with Gasteiger partial charge in [0.2, 0.25) is 5.91 Å². The molecule has 0 saturated heterocycles. The molecule has 0 saturated carbocycles. The Kier molecular flexibility index (Phi) is 6.06. The highest BCUT2D eigenvalue weighted by Crippen LogP contribution is 2.54. The summed E-state index contributed by atoms with van der Waals surface area (Å²) in [6.07, 6.45) is 1.36. The number of nitrogens with zero attached hydrogens (tertiary/aromatic N) is 1. The van der Waals surface area contributed by atoms with Crippen LogP contribution in [0.4, 0.5) is 5.69 Å². The van der Waals surface area contributed by atoms with Gasteiger partial charge in [-0.15, -0.1) is 0 Å². The molecule has 10 heteroatoms. The highest BCUT2D eigenvalue weighted by atomic mass is 16.6. The van der Waals surface area contributed by atoms with Crippen LogP contribution < -0.4 is 16.4 Å². The zero-order chi connectivity index (χ0) is 23.6. The lowest BCUT2D eigenvalue weighted by Gasteiger charge is -2.40. The molecule has 10 nitrogen and oxygen atoms in total. The number of hydrogen-bond acceptors (Lipinski definition) is 9. The van der Waals surface area contributed by atoms with Crippen LogP contribution in [-0.4, -0.2) is 43.6 Å². The number of fused-ring (bicyclic) bond motifs is 2. The fourth-order valence-corrected chi connectivity index (χ4v) is 4.01. The highest BCUT2D eigenvalue weighted by molar-refractivity contribution is 6.16. The molecule has 1 amide bonds. The normalized spacial score (nSPS) is 19.6. The van der Waals surface area contributed by atoms with Gasteiger partial charge in [0, 0.05) is 11.3 Å². The SMILES string of the molecule is C=CCOC(=O)C1=C(C)OC(=O)C12C(C(=O)OCC)=C(N)N(CC(N)=O)c1ccccc12. The van der Waals surface area contributed by atoms with Crippen LogP contribution in [0.3, 0.4) is 0 Å². The summed E-state index contributed by atoms with van der Waals surface area (Å²) in [4.78, 5) is 52.7. The molecule has 168 valence electrons. The lowest BCUT2D eigenvalue weighted by atomic mass is 9.66. The maximum atomic E-state index is 13.4. The summed E-state index contributed by atoms with van der Waals surface area (Å²) in [6.45, 7) is 5.95. The van der Waals surface area contributed by atoms with Crippen LogP contribution in [0.5, 0.6) is 0 Å². The van der Waals surface area contributed by atoms with Crippen molar-refractivity contribution < 1.29 is 33.4 Å². The first kappa shape index (κ1) is 22.6. The average Bonchev–Trinajstić information content (AvgIpc) is 3.00. The maximum absolute atomic E-state index is 13.4. The zero-order valence-electron chi connectivity index (χ0n) is 17.7. The second kappa shape index (κ2) is 8.58. The van der Waals surface area contributed by atoms with Crippen LogP contribution >= 0.6 is 0 Å². The van der Waals surface area contributed by atoms with Crippen LogP contribution in [0.25, 0.3) is 0 Å². The highest BCUT2D eigenvalue weighted by Gasteiger charge is 2.63. The van der Waals surface area contributed by atoms with Gasteiger partial charge in [-0.1, -0.05) is 30.9 Å². The van der Waals surface area contributed by atoms with Gasteiger partial charge in [-0.05, 0) is 19.9 Å². The van der Waals surface area contributed by atoms with E-state index in [-0.39, 0.29) is 48.0 Å². The Morgan fingerprint density at radius 3 is 2.47 bits per heavy atom. The summed E-state index contributed by atoms with van der Waals surface area (Å²) in [5.74, 6) is -3.79. The molecule has 0 bridgehead atoms. The van der Waals surface area contributed by atoms with E-state index in [0.29, 0.717) is 5.69 Å². The number of rotatable bonds is 7. The summed E-state index contributed by atoms with van der Waals surface area (Å²) in [7, 11) is 0. The van der Waals surface area contributed by atoms with Crippen molar-refractivity contribution in [3.63, 3.8) is 0 Å². The third-order valence-electron chi connectivity index (χ3n) is 5.13. The number of allylic oxidation sites excluding steroid dienone is 1. The van der Waals surface area contributed by atoms with E-state index in [2.05, 4.69) is 6.58 Å². The number of nitrogens with two attached hydrogens (primary N) is 2. The van der Waals surface area contributed by atoms with Crippen LogP contribution in [0, 0.1) is 0 Å². The van der Waals surface area contributed by atoms with Gasteiger partial charge in [0.25, 0.3) is 0 Å². The van der Waals surface area contributed by atoms with Gasteiger partial charge in [0.1, 0.15) is 35.9 Å². The molecule has 1 unspecified atom stereocenters. The topological polar surface area (TPSA) is 151 Å². The van der Waals surface area contributed by atoms with Crippen molar-refractivity contribution in [1.29, 1.82) is 0 Å². The van der Waals surface area contributed by atoms with E-state index in [9.17, 15) is 19.2 Å². The number of esters is 3. The van der Waals surface area contributed by atoms with E-state index < -0.39 is 29.2 Å². The van der Waals surface area contributed by atoms with E-state index in [0.717, 1.165) is 0 Å². The van der Waals surface area contributed by atoms with Crippen molar-refractivity contribution in [3.05, 3.63) is 65.2 Å². The van der Waals surface area contributed by atoms with Crippen molar-refractivity contribution in [3.8, 4) is 0 Å². The minimum absolute atomic E-state index is 0.0306. The number of hydrogen-bond donors (Lipinski definition) is 2. The smallest absolute Gasteiger partial charge is 0.339 e. The van der Waals surface area contributed by atoms with Crippen molar-refractivity contribution >= 4 is 29.5 Å². The number of cyclic esters (lactones) is 1. The quantitative estimate of drug-likeness (QED) is 0.350. The number of primary amides is 1. The summed E-state index contributed by atoms with van der Waals surface area (Å²) < 4.78 is 15.7. The molecule has 2 aliphatic heterocycles. The molecule has 0 fully saturated rings. The molecule has 0 aromatic heterocycles. The molecule has 0 radical (unpaired) electrons. The molecule has 2 heterocycles. The average molecular weight is 441 g/mol. The number of benzene rings is 1. The van der Waals surface area contributed by atoms with Gasteiger partial charge in [-0.2, -0.15) is 0 Å². The largest absolute Gasteiger partial charge is 0.462 e. The molecule has 0 aliphatic carbocycles. The number of para-hydroxylation sites is 1. The fraction of sp³-hybridized carbons (Fsp3) is 0.273. The molecular weight excluding hydrogens is 418 g/mol. The van der Waals surface area contributed by atoms with Crippen molar-refractivity contribution in [2.75, 3.05) is 24.7 Å². The fourth-order valence-electron chi connectivity index (χ4n) is 4.01. The van der Waals surface area contributed by atoms with Gasteiger partial charge >= 0.3 is 17.9 Å². The molecule has 1 aromatic rings. The van der Waals surface area contributed by atoms with E-state index in [4.69, 9.17) is 25.7 Å². The number of carbonyl (C=O) groups excluding carboxylic acids is 4. The predicted octanol–water partition coefficient (Wildman–Crippen LogP) is 0.523. The monoisotopic (exact) mass is 441 g/mol. The number of anilines is 1. The minimum atomic E-state index is -2.05. The lowest BCUT2D eigenvalue weighted by Crippen LogP contribution is -2.52. The van der Waals surface area contributed by atoms with Crippen molar-refractivity contribution in [2.45, 2.75) is 19.3 Å². The molecule has 32 heavy (non-hydrogen) atoms. The Morgan fingerprint density at radius 1 is 1.19 bits per heavy atom. The van der Waals surface area contributed by atoms with Gasteiger partial charge in [0.15, 0.2) is 5.41 Å². The Morgan fingerprint density at radius 2 is 1.84 bits per heavy atom.